The molecule has 416 valence electrons. The minimum atomic E-state index is -1.24. The van der Waals surface area contributed by atoms with Gasteiger partial charge in [-0.25, -0.2) is 22.0 Å². The van der Waals surface area contributed by atoms with E-state index in [1.54, 1.807) is 41.7 Å². The van der Waals surface area contributed by atoms with Gasteiger partial charge in [0.1, 0.15) is 29.1 Å². The Bertz CT molecular complexity index is 3660. The predicted molar refractivity (Wildman–Crippen MR) is 328 cm³/mol. The molecule has 82 heavy (non-hydrogen) atoms. The summed E-state index contributed by atoms with van der Waals surface area (Å²) < 4.78 is 86.5. The van der Waals surface area contributed by atoms with Gasteiger partial charge in [-0.15, -0.1) is 11.3 Å². The van der Waals surface area contributed by atoms with E-state index in [-0.39, 0.29) is 37.9 Å². The van der Waals surface area contributed by atoms with Crippen LogP contribution in [0.15, 0.2) is 254 Å². The summed E-state index contributed by atoms with van der Waals surface area (Å²) in [6.07, 6.45) is 3.13. The first-order valence-corrected chi connectivity index (χ1v) is 29.6. The van der Waals surface area contributed by atoms with Crippen molar-refractivity contribution >= 4 is 17.0 Å². The smallest absolute Gasteiger partial charge is 0.128 e. The molecule has 0 amide bonds. The SMILES string of the molecule is CCN(c1cccc(C)c1)C(Cc1cccc(F)c1)(c1ccccc1F)C(C)CC(CC[C@](CC(CCCc1ccccc1)(c1cccs1)c1ccccc1F)(c1ccccc1)c1ccccc1F)(c1ccccc1)c1ccccc1F. The molecule has 7 heteroatoms. The minimum absolute atomic E-state index is 0.189. The molecule has 1 heterocycles. The van der Waals surface area contributed by atoms with Crippen LogP contribution in [0.2, 0.25) is 0 Å². The highest BCUT2D eigenvalue weighted by Gasteiger charge is 2.53. The molecule has 0 radical (unpaired) electrons. The van der Waals surface area contributed by atoms with E-state index in [0.717, 1.165) is 33.7 Å². The van der Waals surface area contributed by atoms with Crippen LogP contribution in [0.5, 0.6) is 0 Å². The van der Waals surface area contributed by atoms with Crippen molar-refractivity contribution in [1.82, 2.24) is 0 Å². The van der Waals surface area contributed by atoms with Gasteiger partial charge in [0.05, 0.1) is 5.54 Å². The van der Waals surface area contributed by atoms with Gasteiger partial charge in [-0.05, 0) is 169 Å². The zero-order valence-corrected chi connectivity index (χ0v) is 47.8. The van der Waals surface area contributed by atoms with Gasteiger partial charge in [-0.3, -0.25) is 0 Å². The lowest BCUT2D eigenvalue weighted by atomic mass is 9.55. The summed E-state index contributed by atoms with van der Waals surface area (Å²) in [6, 6.07) is 77.2. The third kappa shape index (κ3) is 11.6. The van der Waals surface area contributed by atoms with Crippen LogP contribution in [0.3, 0.4) is 0 Å². The minimum Gasteiger partial charge on any atom is -0.361 e. The van der Waals surface area contributed by atoms with E-state index in [1.165, 1.54) is 42.0 Å². The predicted octanol–water partition coefficient (Wildman–Crippen LogP) is 19.9. The molecule has 0 fully saturated rings. The summed E-state index contributed by atoms with van der Waals surface area (Å²) >= 11 is 1.58. The third-order valence-electron chi connectivity index (χ3n) is 17.6. The van der Waals surface area contributed by atoms with Gasteiger partial charge in [0, 0.05) is 45.3 Å². The molecule has 1 nitrogen and oxygen atoms in total. The van der Waals surface area contributed by atoms with E-state index in [2.05, 4.69) is 67.3 Å². The average molecular weight is 1110 g/mol. The lowest BCUT2D eigenvalue weighted by Gasteiger charge is -2.53. The fourth-order valence-corrected chi connectivity index (χ4v) is 14.9. The molecule has 0 N–H and O–H groups in total. The second kappa shape index (κ2) is 25.5. The van der Waals surface area contributed by atoms with Crippen LogP contribution < -0.4 is 4.90 Å². The number of hydrogen-bond acceptors (Lipinski definition) is 2. The Hall–Kier alpha value is -7.87. The number of thiophene rings is 1. The molecule has 0 bridgehead atoms. The molecule has 0 saturated heterocycles. The van der Waals surface area contributed by atoms with Gasteiger partial charge in [0.15, 0.2) is 0 Å². The van der Waals surface area contributed by atoms with E-state index < -0.39 is 51.0 Å². The zero-order chi connectivity index (χ0) is 57.2. The molecule has 9 aromatic carbocycles. The average Bonchev–Trinajstić information content (AvgIpc) is 4.24. The summed E-state index contributed by atoms with van der Waals surface area (Å²) in [6.45, 7) is 6.67. The van der Waals surface area contributed by atoms with Gasteiger partial charge in [-0.2, -0.15) is 0 Å². The molecule has 4 unspecified atom stereocenters. The van der Waals surface area contributed by atoms with E-state index in [9.17, 15) is 0 Å². The van der Waals surface area contributed by atoms with Gasteiger partial charge in [0.25, 0.3) is 0 Å². The van der Waals surface area contributed by atoms with Crippen molar-refractivity contribution in [3.63, 3.8) is 0 Å². The van der Waals surface area contributed by atoms with Crippen molar-refractivity contribution in [1.29, 1.82) is 0 Å². The zero-order valence-electron chi connectivity index (χ0n) is 46.9. The topological polar surface area (TPSA) is 3.24 Å². The van der Waals surface area contributed by atoms with Gasteiger partial charge in [0.2, 0.25) is 0 Å². The van der Waals surface area contributed by atoms with Crippen LogP contribution in [0.4, 0.5) is 27.6 Å². The van der Waals surface area contributed by atoms with E-state index in [0.29, 0.717) is 47.2 Å². The maximum atomic E-state index is 17.9. The van der Waals surface area contributed by atoms with Gasteiger partial charge < -0.3 is 4.90 Å². The van der Waals surface area contributed by atoms with E-state index in [1.807, 2.05) is 146 Å². The maximum absolute atomic E-state index is 17.9. The van der Waals surface area contributed by atoms with Crippen LogP contribution >= 0.6 is 11.3 Å². The standard InChI is InChI=1S/C75H70F5NS/c1-4-81(62-36-22-26-55(2)50-62)75(66-40-17-21-44-70(66)80,53-58-29-23-35-61(76)51-58)56(3)52-72(59-31-10-6-11-32-59,63-37-14-18-41-67(63)77)47-48-73(60-33-12-7-13-34-60,64-38-15-19-42-68(64)78)54-74(71-45-25-49-82-71,65-39-16-20-43-69(65)79)46-24-30-57-27-8-5-9-28-57/h5-23,25-29,31-45,49-51,56H,4,24,30,46-48,52-54H2,1-3H3/t56?,72?,73-,74?,75?/m0/s1. The largest absolute Gasteiger partial charge is 0.361 e. The van der Waals surface area contributed by atoms with Crippen molar-refractivity contribution < 1.29 is 22.0 Å². The Labute approximate surface area is 485 Å². The van der Waals surface area contributed by atoms with Crippen LogP contribution in [0.25, 0.3) is 0 Å². The number of benzene rings is 9. The van der Waals surface area contributed by atoms with Crippen LogP contribution in [0, 0.1) is 41.9 Å². The molecule has 1 aromatic heterocycles. The number of anilines is 1. The first kappa shape index (κ1) is 57.4. The Morgan fingerprint density at radius 3 is 1.48 bits per heavy atom. The molecule has 0 saturated carbocycles. The highest BCUT2D eigenvalue weighted by molar-refractivity contribution is 7.10. The van der Waals surface area contributed by atoms with Crippen molar-refractivity contribution in [2.45, 2.75) is 93.9 Å². The van der Waals surface area contributed by atoms with Crippen LogP contribution in [-0.2, 0) is 34.6 Å². The number of halogens is 5. The Kier molecular flexibility index (Phi) is 17.8. The van der Waals surface area contributed by atoms with Crippen molar-refractivity contribution in [2.75, 3.05) is 11.4 Å². The molecule has 0 aliphatic rings. The summed E-state index contributed by atoms with van der Waals surface area (Å²) in [5, 5.41) is 2.04. The van der Waals surface area contributed by atoms with E-state index >= 15 is 22.0 Å². The lowest BCUT2D eigenvalue weighted by Crippen LogP contribution is -2.55. The Morgan fingerprint density at radius 2 is 0.939 bits per heavy atom. The first-order chi connectivity index (χ1) is 39.9. The number of aryl methyl sites for hydroxylation is 2. The Balaban J connectivity index is 1.25. The van der Waals surface area contributed by atoms with Crippen molar-refractivity contribution in [3.05, 3.63) is 338 Å². The molecular formula is C75H70F5NS. The number of hydrogen-bond donors (Lipinski definition) is 0. The quantitative estimate of drug-likeness (QED) is 0.0545. The summed E-state index contributed by atoms with van der Waals surface area (Å²) in [7, 11) is 0. The van der Waals surface area contributed by atoms with Gasteiger partial charge >= 0.3 is 0 Å². The fourth-order valence-electron chi connectivity index (χ4n) is 13.9. The Morgan fingerprint density at radius 1 is 0.451 bits per heavy atom. The molecule has 0 spiro atoms. The maximum Gasteiger partial charge on any atom is 0.128 e. The first-order valence-electron chi connectivity index (χ1n) is 28.7. The molecule has 10 rings (SSSR count). The second-order valence-electron chi connectivity index (χ2n) is 22.3. The number of nitrogens with zero attached hydrogens (tertiary/aromatic N) is 1. The highest BCUT2D eigenvalue weighted by atomic mass is 32.1. The highest BCUT2D eigenvalue weighted by Crippen LogP contribution is 2.58. The molecule has 10 aromatic rings. The van der Waals surface area contributed by atoms with Crippen molar-refractivity contribution in [3.8, 4) is 0 Å². The van der Waals surface area contributed by atoms with Crippen LogP contribution in [0.1, 0.15) is 107 Å². The molecular weight excluding hydrogens is 1040 g/mol. The second-order valence-corrected chi connectivity index (χ2v) is 23.3. The van der Waals surface area contributed by atoms with Crippen LogP contribution in [-0.4, -0.2) is 6.54 Å². The molecule has 0 aliphatic heterocycles. The van der Waals surface area contributed by atoms with Crippen molar-refractivity contribution in [2.24, 2.45) is 5.92 Å². The molecule has 5 atom stereocenters. The normalized spacial score (nSPS) is 14.9. The molecule has 0 aliphatic carbocycles. The monoisotopic (exact) mass is 1110 g/mol. The summed E-state index contributed by atoms with van der Waals surface area (Å²) in [5.74, 6) is -2.53. The third-order valence-corrected chi connectivity index (χ3v) is 18.7. The van der Waals surface area contributed by atoms with Gasteiger partial charge in [-0.1, -0.05) is 201 Å². The fraction of sp³-hybridized carbons (Fsp3) is 0.227. The summed E-state index contributed by atoms with van der Waals surface area (Å²) in [5.41, 5.74) is 2.52. The number of rotatable bonds is 24. The number of likely N-dealkylation sites (N-methyl/N-ethyl adjacent to an activating group) is 1. The summed E-state index contributed by atoms with van der Waals surface area (Å²) in [4.78, 5) is 3.22. The lowest BCUT2D eigenvalue weighted by molar-refractivity contribution is 0.196. The van der Waals surface area contributed by atoms with E-state index in [4.69, 9.17) is 0 Å².